The third kappa shape index (κ3) is 4.75. The Bertz CT molecular complexity index is 369. The molecule has 6 heteroatoms. The fourth-order valence-corrected chi connectivity index (χ4v) is 2.68. The summed E-state index contributed by atoms with van der Waals surface area (Å²) in [5, 5.41) is 7.87. The van der Waals surface area contributed by atoms with E-state index in [1.807, 2.05) is 4.68 Å². The maximum atomic E-state index is 4.40. The van der Waals surface area contributed by atoms with E-state index in [2.05, 4.69) is 48.0 Å². The number of halogens is 1. The van der Waals surface area contributed by atoms with Gasteiger partial charge in [-0.2, -0.15) is 5.10 Å². The Morgan fingerprint density at radius 1 is 1.32 bits per heavy atom. The zero-order valence-corrected chi connectivity index (χ0v) is 13.2. The Labute approximate surface area is 122 Å². The summed E-state index contributed by atoms with van der Waals surface area (Å²) in [6.07, 6.45) is 1.67. The Kier molecular flexibility index (Phi) is 6.23. The van der Waals surface area contributed by atoms with Gasteiger partial charge in [0, 0.05) is 31.7 Å². The van der Waals surface area contributed by atoms with E-state index in [-0.39, 0.29) is 12.4 Å². The van der Waals surface area contributed by atoms with Gasteiger partial charge in [0.15, 0.2) is 0 Å². The number of hydrogen-bond donors (Lipinski definition) is 1. The highest BCUT2D eigenvalue weighted by atomic mass is 35.5. The zero-order chi connectivity index (χ0) is 13.1. The first-order chi connectivity index (χ1) is 8.54. The molecule has 2 rings (SSSR count). The average Bonchev–Trinajstić information content (AvgIpc) is 2.63. The molecule has 0 bridgehead atoms. The maximum absolute atomic E-state index is 4.40. The number of aromatic nitrogens is 3. The molecule has 1 N–H and O–H groups in total. The monoisotopic (exact) mass is 287 g/mol. The van der Waals surface area contributed by atoms with Crippen LogP contribution in [0.4, 0.5) is 0 Å². The number of rotatable bonds is 4. The van der Waals surface area contributed by atoms with Gasteiger partial charge in [0.1, 0.15) is 12.2 Å². The fourth-order valence-electron chi connectivity index (χ4n) is 2.68. The minimum absolute atomic E-state index is 0. The van der Waals surface area contributed by atoms with Crippen molar-refractivity contribution in [3.05, 3.63) is 12.2 Å². The predicted octanol–water partition coefficient (Wildman–Crippen LogP) is 1.54. The summed E-state index contributed by atoms with van der Waals surface area (Å²) in [4.78, 5) is 6.87. The van der Waals surface area contributed by atoms with Crippen LogP contribution in [0.3, 0.4) is 0 Å². The van der Waals surface area contributed by atoms with Gasteiger partial charge < -0.3 is 5.32 Å². The molecule has 0 spiro atoms. The van der Waals surface area contributed by atoms with Gasteiger partial charge >= 0.3 is 0 Å². The lowest BCUT2D eigenvalue weighted by Crippen LogP contribution is -2.53. The van der Waals surface area contributed by atoms with Crippen molar-refractivity contribution in [1.29, 1.82) is 0 Å². The second kappa shape index (κ2) is 7.22. The molecule has 0 saturated carbocycles. The minimum Gasteiger partial charge on any atom is -0.309 e. The number of hydrogen-bond acceptors (Lipinski definition) is 4. The second-order valence-electron chi connectivity index (χ2n) is 5.92. The molecular formula is C13H26ClN5. The Hall–Kier alpha value is -0.650. The summed E-state index contributed by atoms with van der Waals surface area (Å²) in [7, 11) is 0. The van der Waals surface area contributed by atoms with Crippen molar-refractivity contribution in [2.45, 2.75) is 52.9 Å². The van der Waals surface area contributed by atoms with E-state index in [1.54, 1.807) is 6.33 Å². The van der Waals surface area contributed by atoms with E-state index < -0.39 is 0 Å². The molecule has 19 heavy (non-hydrogen) atoms. The van der Waals surface area contributed by atoms with Crippen molar-refractivity contribution in [2.24, 2.45) is 5.92 Å². The van der Waals surface area contributed by atoms with Crippen molar-refractivity contribution >= 4 is 12.4 Å². The minimum atomic E-state index is 0. The van der Waals surface area contributed by atoms with Crippen molar-refractivity contribution in [3.8, 4) is 0 Å². The summed E-state index contributed by atoms with van der Waals surface area (Å²) in [6, 6.07) is 1.10. The lowest BCUT2D eigenvalue weighted by molar-refractivity contribution is 0.160. The van der Waals surface area contributed by atoms with Gasteiger partial charge in [0.25, 0.3) is 0 Å². The van der Waals surface area contributed by atoms with E-state index in [0.717, 1.165) is 32.0 Å². The van der Waals surface area contributed by atoms with E-state index >= 15 is 0 Å². The van der Waals surface area contributed by atoms with Gasteiger partial charge in [-0.25, -0.2) is 9.67 Å². The zero-order valence-electron chi connectivity index (χ0n) is 12.3. The van der Waals surface area contributed by atoms with Crippen LogP contribution in [-0.2, 0) is 13.1 Å². The molecule has 2 atom stereocenters. The molecule has 5 nitrogen and oxygen atoms in total. The summed E-state index contributed by atoms with van der Waals surface area (Å²) < 4.78 is 2.04. The molecule has 1 fully saturated rings. The van der Waals surface area contributed by atoms with Gasteiger partial charge in [-0.3, -0.25) is 4.90 Å². The number of nitrogens with zero attached hydrogens (tertiary/aromatic N) is 4. The molecule has 0 radical (unpaired) electrons. The largest absolute Gasteiger partial charge is 0.309 e. The lowest BCUT2D eigenvalue weighted by Gasteiger charge is -2.35. The first-order valence-electron chi connectivity index (χ1n) is 6.89. The van der Waals surface area contributed by atoms with Crippen LogP contribution in [0.1, 0.15) is 33.5 Å². The first-order valence-corrected chi connectivity index (χ1v) is 6.89. The molecule has 0 amide bonds. The van der Waals surface area contributed by atoms with Gasteiger partial charge in [-0.1, -0.05) is 13.8 Å². The maximum Gasteiger partial charge on any atom is 0.141 e. The Morgan fingerprint density at radius 2 is 1.95 bits per heavy atom. The van der Waals surface area contributed by atoms with Crippen molar-refractivity contribution in [3.63, 3.8) is 0 Å². The van der Waals surface area contributed by atoms with Crippen LogP contribution < -0.4 is 5.32 Å². The quantitative estimate of drug-likeness (QED) is 0.912. The van der Waals surface area contributed by atoms with Crippen LogP contribution in [0.5, 0.6) is 0 Å². The summed E-state index contributed by atoms with van der Waals surface area (Å²) in [6.45, 7) is 12.9. The molecule has 2 heterocycles. The fraction of sp³-hybridized carbons (Fsp3) is 0.846. The molecule has 2 unspecified atom stereocenters. The highest BCUT2D eigenvalue weighted by molar-refractivity contribution is 5.85. The van der Waals surface area contributed by atoms with Gasteiger partial charge in [-0.15, -0.1) is 12.4 Å². The molecule has 110 valence electrons. The van der Waals surface area contributed by atoms with Crippen LogP contribution >= 0.6 is 12.4 Å². The molecule has 1 aliphatic rings. The van der Waals surface area contributed by atoms with Crippen molar-refractivity contribution in [1.82, 2.24) is 25.0 Å². The predicted molar refractivity (Wildman–Crippen MR) is 79.4 cm³/mol. The SMILES string of the molecule is CC(C)Cn1ncnc1CN1CC(C)NC(C)C1.Cl. The lowest BCUT2D eigenvalue weighted by atomic mass is 10.1. The third-order valence-corrected chi connectivity index (χ3v) is 3.23. The smallest absolute Gasteiger partial charge is 0.141 e. The summed E-state index contributed by atoms with van der Waals surface area (Å²) in [5.41, 5.74) is 0. The average molecular weight is 288 g/mol. The standard InChI is InChI=1S/C13H25N5.ClH/c1-10(2)5-18-13(14-9-15-18)8-17-6-11(3)16-12(4)7-17;/h9-12,16H,5-8H2,1-4H3;1H. The van der Waals surface area contributed by atoms with Gasteiger partial charge in [0.05, 0.1) is 6.54 Å². The molecule has 1 aromatic rings. The highest BCUT2D eigenvalue weighted by Gasteiger charge is 2.22. The van der Waals surface area contributed by atoms with Crippen LogP contribution in [0.15, 0.2) is 6.33 Å². The van der Waals surface area contributed by atoms with E-state index in [4.69, 9.17) is 0 Å². The summed E-state index contributed by atoms with van der Waals surface area (Å²) in [5.74, 6) is 1.69. The molecule has 1 saturated heterocycles. The third-order valence-electron chi connectivity index (χ3n) is 3.23. The first kappa shape index (κ1) is 16.4. The molecule has 1 aromatic heterocycles. The normalized spacial score (nSPS) is 24.5. The molecule has 1 aliphatic heterocycles. The highest BCUT2D eigenvalue weighted by Crippen LogP contribution is 2.09. The molecular weight excluding hydrogens is 262 g/mol. The topological polar surface area (TPSA) is 46.0 Å². The summed E-state index contributed by atoms with van der Waals surface area (Å²) >= 11 is 0. The molecule has 0 aromatic carbocycles. The van der Waals surface area contributed by atoms with Gasteiger partial charge in [-0.05, 0) is 19.8 Å². The van der Waals surface area contributed by atoms with Crippen LogP contribution in [-0.4, -0.2) is 44.8 Å². The van der Waals surface area contributed by atoms with Crippen molar-refractivity contribution in [2.75, 3.05) is 13.1 Å². The second-order valence-corrected chi connectivity index (χ2v) is 5.92. The Morgan fingerprint density at radius 3 is 2.53 bits per heavy atom. The van der Waals surface area contributed by atoms with E-state index in [1.165, 1.54) is 0 Å². The van der Waals surface area contributed by atoms with Crippen LogP contribution in [0, 0.1) is 5.92 Å². The van der Waals surface area contributed by atoms with E-state index in [0.29, 0.717) is 18.0 Å². The van der Waals surface area contributed by atoms with Crippen LogP contribution in [0.2, 0.25) is 0 Å². The van der Waals surface area contributed by atoms with Crippen molar-refractivity contribution < 1.29 is 0 Å². The van der Waals surface area contributed by atoms with Gasteiger partial charge in [0.2, 0.25) is 0 Å². The number of nitrogens with one attached hydrogen (secondary N) is 1. The number of piperazine rings is 1. The Balaban J connectivity index is 0.00000180. The van der Waals surface area contributed by atoms with E-state index in [9.17, 15) is 0 Å². The molecule has 0 aliphatic carbocycles. The van der Waals surface area contributed by atoms with Crippen LogP contribution in [0.25, 0.3) is 0 Å².